The fourth-order valence-corrected chi connectivity index (χ4v) is 1.71. The minimum Gasteiger partial charge on any atom is -0.495 e. The van der Waals surface area contributed by atoms with Crippen LogP contribution < -0.4 is 10.1 Å². The lowest BCUT2D eigenvalue weighted by Gasteiger charge is -2.01. The zero-order chi connectivity index (χ0) is 10.5. The van der Waals surface area contributed by atoms with E-state index in [4.69, 9.17) is 4.74 Å². The van der Waals surface area contributed by atoms with E-state index in [1.807, 2.05) is 24.3 Å². The zero-order valence-electron chi connectivity index (χ0n) is 8.92. The molecule has 0 spiro atoms. The second kappa shape index (κ2) is 4.86. The lowest BCUT2D eigenvalue weighted by Crippen LogP contribution is -2.07. The second-order valence-corrected chi connectivity index (χ2v) is 3.66. The lowest BCUT2D eigenvalue weighted by molar-refractivity contribution is 0.413. The molecule has 1 atom stereocenters. The molecule has 0 aromatic heterocycles. The van der Waals surface area contributed by atoms with Crippen LogP contribution in [0, 0.1) is 17.8 Å². The highest BCUT2D eigenvalue weighted by Crippen LogP contribution is 2.16. The number of para-hydroxylation sites is 1. The SMILES string of the molecule is COc1ccccc1C#CC1CCNC1. The van der Waals surface area contributed by atoms with Crippen molar-refractivity contribution < 1.29 is 4.74 Å². The number of hydrogen-bond acceptors (Lipinski definition) is 2. The first-order valence-corrected chi connectivity index (χ1v) is 5.25. The zero-order valence-corrected chi connectivity index (χ0v) is 8.92. The highest BCUT2D eigenvalue weighted by Gasteiger charge is 2.10. The van der Waals surface area contributed by atoms with Crippen molar-refractivity contribution in [2.24, 2.45) is 5.92 Å². The predicted molar refractivity (Wildman–Crippen MR) is 60.8 cm³/mol. The van der Waals surface area contributed by atoms with Gasteiger partial charge in [-0.15, -0.1) is 0 Å². The molecule has 1 unspecified atom stereocenters. The molecule has 1 aliphatic heterocycles. The van der Waals surface area contributed by atoms with Gasteiger partial charge in [0.15, 0.2) is 0 Å². The summed E-state index contributed by atoms with van der Waals surface area (Å²) in [5.74, 6) is 7.82. The van der Waals surface area contributed by atoms with Crippen LogP contribution in [0.25, 0.3) is 0 Å². The number of methoxy groups -OCH3 is 1. The van der Waals surface area contributed by atoms with Crippen LogP contribution in [0.2, 0.25) is 0 Å². The number of ether oxygens (including phenoxy) is 1. The maximum Gasteiger partial charge on any atom is 0.134 e. The van der Waals surface area contributed by atoms with Crippen LogP contribution in [0.3, 0.4) is 0 Å². The van der Waals surface area contributed by atoms with Gasteiger partial charge in [0.2, 0.25) is 0 Å². The summed E-state index contributed by atoms with van der Waals surface area (Å²) in [6.07, 6.45) is 1.15. The molecule has 1 heterocycles. The minimum absolute atomic E-state index is 0.495. The summed E-state index contributed by atoms with van der Waals surface area (Å²) in [6, 6.07) is 7.88. The summed E-state index contributed by atoms with van der Waals surface area (Å²) in [6.45, 7) is 2.10. The van der Waals surface area contributed by atoms with Gasteiger partial charge in [-0.2, -0.15) is 0 Å². The van der Waals surface area contributed by atoms with Crippen LogP contribution in [0.4, 0.5) is 0 Å². The summed E-state index contributed by atoms with van der Waals surface area (Å²) in [7, 11) is 1.68. The molecule has 0 aliphatic carbocycles. The van der Waals surface area contributed by atoms with E-state index in [-0.39, 0.29) is 0 Å². The summed E-state index contributed by atoms with van der Waals surface area (Å²) in [5.41, 5.74) is 0.979. The molecular formula is C13H15NO. The molecule has 1 aliphatic rings. The minimum atomic E-state index is 0.495. The quantitative estimate of drug-likeness (QED) is 0.698. The Hall–Kier alpha value is -1.46. The van der Waals surface area contributed by atoms with Crippen molar-refractivity contribution in [3.63, 3.8) is 0 Å². The average molecular weight is 201 g/mol. The number of rotatable bonds is 1. The standard InChI is InChI=1S/C13H15NO/c1-15-13-5-3-2-4-12(13)7-6-11-8-9-14-10-11/h2-5,11,14H,8-10H2,1H3. The molecule has 1 aromatic carbocycles. The van der Waals surface area contributed by atoms with Gasteiger partial charge in [-0.3, -0.25) is 0 Å². The maximum absolute atomic E-state index is 5.24. The normalized spacial score (nSPS) is 19.4. The first kappa shape index (κ1) is 10.1. The molecule has 0 saturated carbocycles. The van der Waals surface area contributed by atoms with E-state index in [0.29, 0.717) is 5.92 Å². The summed E-state index contributed by atoms with van der Waals surface area (Å²) >= 11 is 0. The van der Waals surface area contributed by atoms with Crippen molar-refractivity contribution in [2.75, 3.05) is 20.2 Å². The Morgan fingerprint density at radius 3 is 3.00 bits per heavy atom. The third-order valence-electron chi connectivity index (χ3n) is 2.58. The Morgan fingerprint density at radius 2 is 2.27 bits per heavy atom. The summed E-state index contributed by atoms with van der Waals surface area (Å²) < 4.78 is 5.24. The first-order chi connectivity index (χ1) is 7.40. The van der Waals surface area contributed by atoms with E-state index in [1.54, 1.807) is 7.11 Å². The van der Waals surface area contributed by atoms with Crippen LogP contribution in [-0.2, 0) is 0 Å². The molecule has 78 valence electrons. The molecule has 0 radical (unpaired) electrons. The molecule has 2 nitrogen and oxygen atoms in total. The fraction of sp³-hybridized carbons (Fsp3) is 0.385. The van der Waals surface area contributed by atoms with Gasteiger partial charge in [0.05, 0.1) is 12.7 Å². The van der Waals surface area contributed by atoms with E-state index in [9.17, 15) is 0 Å². The summed E-state index contributed by atoms with van der Waals surface area (Å²) in [5, 5.41) is 3.30. The Kier molecular flexibility index (Phi) is 3.26. The Bertz CT molecular complexity index is 383. The molecular weight excluding hydrogens is 186 g/mol. The fourth-order valence-electron chi connectivity index (χ4n) is 1.71. The van der Waals surface area contributed by atoms with E-state index in [1.165, 1.54) is 0 Å². The number of nitrogens with one attached hydrogen (secondary N) is 1. The molecule has 15 heavy (non-hydrogen) atoms. The van der Waals surface area contributed by atoms with Gasteiger partial charge in [0.1, 0.15) is 5.75 Å². The highest BCUT2D eigenvalue weighted by molar-refractivity contribution is 5.46. The van der Waals surface area contributed by atoms with Gasteiger partial charge in [0.25, 0.3) is 0 Å². The van der Waals surface area contributed by atoms with Gasteiger partial charge in [-0.05, 0) is 25.1 Å². The van der Waals surface area contributed by atoms with Crippen molar-refractivity contribution in [3.8, 4) is 17.6 Å². The molecule has 0 amide bonds. The number of hydrogen-bond donors (Lipinski definition) is 1. The van der Waals surface area contributed by atoms with Crippen molar-refractivity contribution in [2.45, 2.75) is 6.42 Å². The molecule has 2 rings (SSSR count). The van der Waals surface area contributed by atoms with Crippen LogP contribution >= 0.6 is 0 Å². The van der Waals surface area contributed by atoms with E-state index in [2.05, 4.69) is 17.2 Å². The smallest absolute Gasteiger partial charge is 0.134 e. The van der Waals surface area contributed by atoms with Crippen molar-refractivity contribution >= 4 is 0 Å². The highest BCUT2D eigenvalue weighted by atomic mass is 16.5. The third-order valence-corrected chi connectivity index (χ3v) is 2.58. The largest absolute Gasteiger partial charge is 0.495 e. The third kappa shape index (κ3) is 2.51. The molecule has 1 aromatic rings. The molecule has 0 bridgehead atoms. The van der Waals surface area contributed by atoms with Crippen molar-refractivity contribution in [1.29, 1.82) is 0 Å². The number of benzene rings is 1. The van der Waals surface area contributed by atoms with E-state index < -0.39 is 0 Å². The van der Waals surface area contributed by atoms with Gasteiger partial charge >= 0.3 is 0 Å². The monoisotopic (exact) mass is 201 g/mol. The molecule has 1 saturated heterocycles. The Morgan fingerprint density at radius 1 is 1.40 bits per heavy atom. The molecule has 1 fully saturated rings. The summed E-state index contributed by atoms with van der Waals surface area (Å²) in [4.78, 5) is 0. The van der Waals surface area contributed by atoms with Crippen molar-refractivity contribution in [3.05, 3.63) is 29.8 Å². The first-order valence-electron chi connectivity index (χ1n) is 5.25. The van der Waals surface area contributed by atoms with Gasteiger partial charge < -0.3 is 10.1 Å². The second-order valence-electron chi connectivity index (χ2n) is 3.66. The lowest BCUT2D eigenvalue weighted by atomic mass is 10.1. The van der Waals surface area contributed by atoms with Crippen LogP contribution in [0.1, 0.15) is 12.0 Å². The van der Waals surface area contributed by atoms with Crippen LogP contribution in [-0.4, -0.2) is 20.2 Å². The Balaban J connectivity index is 2.14. The molecule has 2 heteroatoms. The van der Waals surface area contributed by atoms with E-state index in [0.717, 1.165) is 30.8 Å². The van der Waals surface area contributed by atoms with Gasteiger partial charge in [-0.25, -0.2) is 0 Å². The van der Waals surface area contributed by atoms with Crippen LogP contribution in [0.5, 0.6) is 5.75 Å². The topological polar surface area (TPSA) is 21.3 Å². The molecule has 1 N–H and O–H groups in total. The van der Waals surface area contributed by atoms with Crippen molar-refractivity contribution in [1.82, 2.24) is 5.32 Å². The Labute approximate surface area is 90.6 Å². The van der Waals surface area contributed by atoms with Crippen LogP contribution in [0.15, 0.2) is 24.3 Å². The average Bonchev–Trinajstić information content (AvgIpc) is 2.79. The predicted octanol–water partition coefficient (Wildman–Crippen LogP) is 1.66. The van der Waals surface area contributed by atoms with Gasteiger partial charge in [0, 0.05) is 12.5 Å². The van der Waals surface area contributed by atoms with Gasteiger partial charge in [-0.1, -0.05) is 24.0 Å². The maximum atomic E-state index is 5.24. The van der Waals surface area contributed by atoms with E-state index >= 15 is 0 Å².